The Hall–Kier alpha value is -3.39. The van der Waals surface area contributed by atoms with Crippen molar-refractivity contribution in [2.24, 2.45) is 10.5 Å². The van der Waals surface area contributed by atoms with E-state index in [2.05, 4.69) is 10.4 Å². The van der Waals surface area contributed by atoms with E-state index in [9.17, 15) is 14.4 Å². The van der Waals surface area contributed by atoms with Crippen molar-refractivity contribution in [3.8, 4) is 0 Å². The van der Waals surface area contributed by atoms with E-state index in [0.29, 0.717) is 27.5 Å². The first-order valence-electron chi connectivity index (χ1n) is 10.2. The first-order valence-corrected chi connectivity index (χ1v) is 10.5. The van der Waals surface area contributed by atoms with Crippen LogP contribution in [0.25, 0.3) is 0 Å². The molecule has 1 unspecified atom stereocenters. The van der Waals surface area contributed by atoms with Crippen LogP contribution >= 0.6 is 11.6 Å². The number of urea groups is 1. The highest BCUT2D eigenvalue weighted by Crippen LogP contribution is 2.33. The molecule has 2 aromatic carbocycles. The topological polar surface area (TPSA) is 97.3 Å². The van der Waals surface area contributed by atoms with Gasteiger partial charge in [0.25, 0.3) is 0 Å². The smallest absolute Gasteiger partial charge is 0.342 e. The largest absolute Gasteiger partial charge is 0.465 e. The molecule has 1 aliphatic rings. The minimum absolute atomic E-state index is 0.0105. The molecule has 0 aromatic heterocycles. The fourth-order valence-electron chi connectivity index (χ4n) is 3.29. The second-order valence-corrected chi connectivity index (χ2v) is 7.73. The minimum atomic E-state index is -1.14. The van der Waals surface area contributed by atoms with E-state index in [1.54, 1.807) is 69.3 Å². The SMILES string of the molecule is CCOC(=O)c1ccc(NC(=O)N2CC(C)(C(=O)OCC)C(c3ccc(Cl)cc3)=N2)cc1. The second-order valence-electron chi connectivity index (χ2n) is 7.29. The summed E-state index contributed by atoms with van der Waals surface area (Å²) in [5.74, 6) is -0.907. The van der Waals surface area contributed by atoms with Crippen molar-refractivity contribution < 1.29 is 23.9 Å². The van der Waals surface area contributed by atoms with Crippen LogP contribution in [0.3, 0.4) is 0 Å². The number of carbonyl (C=O) groups is 3. The van der Waals surface area contributed by atoms with Gasteiger partial charge in [-0.05, 0) is 62.7 Å². The standard InChI is InChI=1S/C23H24ClN3O5/c1-4-31-20(28)16-8-12-18(13-9-16)25-22(30)27-14-23(3,21(29)32-5-2)19(26-27)15-6-10-17(24)11-7-15/h6-13H,4-5,14H2,1-3H3,(H,25,30). The van der Waals surface area contributed by atoms with Crippen LogP contribution in [-0.2, 0) is 14.3 Å². The maximum atomic E-state index is 12.9. The average molecular weight is 458 g/mol. The Morgan fingerprint density at radius 1 is 1.03 bits per heavy atom. The molecule has 2 aromatic rings. The van der Waals surface area contributed by atoms with Gasteiger partial charge in [0, 0.05) is 10.7 Å². The van der Waals surface area contributed by atoms with E-state index in [1.807, 2.05) is 0 Å². The lowest BCUT2D eigenvalue weighted by Crippen LogP contribution is -2.42. The van der Waals surface area contributed by atoms with Crippen molar-refractivity contribution in [2.75, 3.05) is 25.1 Å². The Labute approximate surface area is 191 Å². The molecular weight excluding hydrogens is 434 g/mol. The predicted octanol–water partition coefficient (Wildman–Crippen LogP) is 4.34. The van der Waals surface area contributed by atoms with Crippen LogP contribution in [0.1, 0.15) is 36.7 Å². The van der Waals surface area contributed by atoms with Crippen LogP contribution in [0.5, 0.6) is 0 Å². The molecule has 1 aliphatic heterocycles. The summed E-state index contributed by atoms with van der Waals surface area (Å²) >= 11 is 5.98. The van der Waals surface area contributed by atoms with Crippen molar-refractivity contribution in [3.63, 3.8) is 0 Å². The predicted molar refractivity (Wildman–Crippen MR) is 121 cm³/mol. The molecule has 0 fully saturated rings. The molecule has 1 atom stereocenters. The minimum Gasteiger partial charge on any atom is -0.465 e. The molecule has 32 heavy (non-hydrogen) atoms. The summed E-state index contributed by atoms with van der Waals surface area (Å²) in [5, 5.41) is 8.90. The van der Waals surface area contributed by atoms with Gasteiger partial charge in [0.2, 0.25) is 0 Å². The van der Waals surface area contributed by atoms with E-state index < -0.39 is 23.4 Å². The fraction of sp³-hybridized carbons (Fsp3) is 0.304. The molecule has 168 valence electrons. The highest BCUT2D eigenvalue weighted by molar-refractivity contribution is 6.30. The first kappa shape index (κ1) is 23.3. The Bertz CT molecular complexity index is 1040. The Balaban J connectivity index is 1.82. The third-order valence-electron chi connectivity index (χ3n) is 4.93. The zero-order chi connectivity index (χ0) is 23.3. The maximum Gasteiger partial charge on any atom is 0.342 e. The number of carbonyl (C=O) groups excluding carboxylic acids is 3. The van der Waals surface area contributed by atoms with Gasteiger partial charge >= 0.3 is 18.0 Å². The number of hydrazone groups is 1. The third-order valence-corrected chi connectivity index (χ3v) is 5.19. The Morgan fingerprint density at radius 2 is 1.66 bits per heavy atom. The van der Waals surface area contributed by atoms with Crippen LogP contribution < -0.4 is 5.32 Å². The van der Waals surface area contributed by atoms with Gasteiger partial charge in [-0.3, -0.25) is 4.79 Å². The van der Waals surface area contributed by atoms with Gasteiger partial charge in [0.15, 0.2) is 0 Å². The molecule has 0 spiro atoms. The third kappa shape index (κ3) is 4.91. The Morgan fingerprint density at radius 3 is 2.25 bits per heavy atom. The monoisotopic (exact) mass is 457 g/mol. The lowest BCUT2D eigenvalue weighted by molar-refractivity contribution is -0.150. The number of anilines is 1. The van der Waals surface area contributed by atoms with Gasteiger partial charge in [-0.25, -0.2) is 14.6 Å². The van der Waals surface area contributed by atoms with Crippen molar-refractivity contribution in [3.05, 3.63) is 64.7 Å². The summed E-state index contributed by atoms with van der Waals surface area (Å²) in [6, 6.07) is 12.7. The van der Waals surface area contributed by atoms with Gasteiger partial charge in [-0.1, -0.05) is 23.7 Å². The molecule has 0 aliphatic carbocycles. The summed E-state index contributed by atoms with van der Waals surface area (Å²) in [6.07, 6.45) is 0. The molecule has 0 saturated heterocycles. The normalized spacial score (nSPS) is 17.5. The van der Waals surface area contributed by atoms with Crippen LogP contribution in [0.4, 0.5) is 10.5 Å². The molecule has 3 rings (SSSR count). The number of amides is 2. The van der Waals surface area contributed by atoms with E-state index >= 15 is 0 Å². The molecule has 9 heteroatoms. The van der Waals surface area contributed by atoms with E-state index in [1.165, 1.54) is 5.01 Å². The number of benzene rings is 2. The first-order chi connectivity index (χ1) is 15.3. The Kier molecular flexibility index (Phi) is 7.15. The summed E-state index contributed by atoms with van der Waals surface area (Å²) in [4.78, 5) is 37.4. The van der Waals surface area contributed by atoms with Crippen molar-refractivity contribution in [2.45, 2.75) is 20.8 Å². The maximum absolute atomic E-state index is 12.9. The van der Waals surface area contributed by atoms with Crippen molar-refractivity contribution in [1.29, 1.82) is 0 Å². The van der Waals surface area contributed by atoms with Crippen LogP contribution in [0, 0.1) is 5.41 Å². The average Bonchev–Trinajstić information content (AvgIpc) is 3.14. The highest BCUT2D eigenvalue weighted by Gasteiger charge is 2.48. The second kappa shape index (κ2) is 9.82. The lowest BCUT2D eigenvalue weighted by Gasteiger charge is -2.24. The van der Waals surface area contributed by atoms with E-state index in [-0.39, 0.29) is 19.8 Å². The molecule has 0 saturated carbocycles. The highest BCUT2D eigenvalue weighted by atomic mass is 35.5. The zero-order valence-electron chi connectivity index (χ0n) is 18.1. The van der Waals surface area contributed by atoms with Gasteiger partial charge in [0.1, 0.15) is 5.41 Å². The van der Waals surface area contributed by atoms with Crippen molar-refractivity contribution >= 4 is 41.0 Å². The van der Waals surface area contributed by atoms with Crippen LogP contribution in [0.2, 0.25) is 5.02 Å². The molecule has 1 heterocycles. The summed E-state index contributed by atoms with van der Waals surface area (Å²) in [7, 11) is 0. The number of nitrogens with zero attached hydrogens (tertiary/aromatic N) is 2. The molecule has 2 amide bonds. The number of rotatable bonds is 6. The summed E-state index contributed by atoms with van der Waals surface area (Å²) in [6.45, 7) is 5.64. The molecule has 8 nitrogen and oxygen atoms in total. The number of ether oxygens (including phenoxy) is 2. The van der Waals surface area contributed by atoms with E-state index in [0.717, 1.165) is 0 Å². The quantitative estimate of drug-likeness (QED) is 0.651. The van der Waals surface area contributed by atoms with Gasteiger partial charge in [-0.15, -0.1) is 0 Å². The molecular formula is C23H24ClN3O5. The van der Waals surface area contributed by atoms with E-state index in [4.69, 9.17) is 21.1 Å². The zero-order valence-corrected chi connectivity index (χ0v) is 18.8. The number of hydrogen-bond donors (Lipinski definition) is 1. The van der Waals surface area contributed by atoms with Crippen LogP contribution in [0.15, 0.2) is 53.6 Å². The molecule has 1 N–H and O–H groups in total. The van der Waals surface area contributed by atoms with Crippen molar-refractivity contribution in [1.82, 2.24) is 5.01 Å². The molecule has 0 radical (unpaired) electrons. The number of esters is 2. The van der Waals surface area contributed by atoms with Gasteiger partial charge < -0.3 is 14.8 Å². The summed E-state index contributed by atoms with van der Waals surface area (Å²) in [5.41, 5.74) is 0.786. The van der Waals surface area contributed by atoms with Gasteiger partial charge in [-0.2, -0.15) is 5.10 Å². The summed E-state index contributed by atoms with van der Waals surface area (Å²) < 4.78 is 10.2. The van der Waals surface area contributed by atoms with Crippen LogP contribution in [-0.4, -0.2) is 48.4 Å². The van der Waals surface area contributed by atoms with Gasteiger partial charge in [0.05, 0.1) is 31.0 Å². The number of hydrogen-bond acceptors (Lipinski definition) is 6. The fourth-order valence-corrected chi connectivity index (χ4v) is 3.41. The molecule has 0 bridgehead atoms. The number of nitrogens with one attached hydrogen (secondary N) is 1. The number of halogens is 1. The lowest BCUT2D eigenvalue weighted by atomic mass is 9.82.